The van der Waals surface area contributed by atoms with Gasteiger partial charge in [-0.05, 0) is 38.2 Å². The molecule has 0 aliphatic carbocycles. The van der Waals surface area contributed by atoms with Crippen LogP contribution in [0.2, 0.25) is 0 Å². The Balaban J connectivity index is 2.28. The third-order valence-electron chi connectivity index (χ3n) is 3.05. The summed E-state index contributed by atoms with van der Waals surface area (Å²) < 4.78 is 0. The second-order valence-electron chi connectivity index (χ2n) is 4.58. The molecule has 1 atom stereocenters. The van der Waals surface area contributed by atoms with E-state index in [0.29, 0.717) is 12.2 Å². The van der Waals surface area contributed by atoms with Crippen molar-refractivity contribution in [2.24, 2.45) is 0 Å². The van der Waals surface area contributed by atoms with Crippen molar-refractivity contribution in [3.8, 4) is 0 Å². The van der Waals surface area contributed by atoms with Gasteiger partial charge >= 0.3 is 0 Å². The Kier molecular flexibility index (Phi) is 4.27. The maximum Gasteiger partial charge on any atom is 0.234 e. The van der Waals surface area contributed by atoms with Crippen molar-refractivity contribution in [1.82, 2.24) is 4.90 Å². The van der Waals surface area contributed by atoms with Crippen molar-refractivity contribution in [2.45, 2.75) is 17.4 Å². The number of hydrogen-bond donors (Lipinski definition) is 2. The normalized spacial score (nSPS) is 16.3. The van der Waals surface area contributed by atoms with E-state index in [4.69, 9.17) is 5.11 Å². The number of fused-ring (bicyclic) bond motifs is 1. The lowest BCUT2D eigenvalue weighted by Crippen LogP contribution is -2.22. The van der Waals surface area contributed by atoms with E-state index >= 15 is 0 Å². The summed E-state index contributed by atoms with van der Waals surface area (Å²) in [6.45, 7) is 0.154. The van der Waals surface area contributed by atoms with Crippen LogP contribution in [0, 0.1) is 0 Å². The van der Waals surface area contributed by atoms with Gasteiger partial charge in [0, 0.05) is 17.5 Å². The van der Waals surface area contributed by atoms with Crippen LogP contribution in [0.3, 0.4) is 0 Å². The second-order valence-corrected chi connectivity index (χ2v) is 5.60. The Morgan fingerprint density at radius 2 is 2.28 bits per heavy atom. The van der Waals surface area contributed by atoms with E-state index in [0.717, 1.165) is 16.1 Å². The minimum atomic E-state index is 0.0493. The van der Waals surface area contributed by atoms with Crippen molar-refractivity contribution < 1.29 is 9.90 Å². The molecule has 2 N–H and O–H groups in total. The van der Waals surface area contributed by atoms with Crippen molar-refractivity contribution in [3.05, 3.63) is 23.8 Å². The molecule has 4 nitrogen and oxygen atoms in total. The maximum absolute atomic E-state index is 11.4. The minimum Gasteiger partial charge on any atom is -0.396 e. The van der Waals surface area contributed by atoms with Gasteiger partial charge in [0.15, 0.2) is 0 Å². The van der Waals surface area contributed by atoms with Crippen LogP contribution in [0.25, 0.3) is 0 Å². The van der Waals surface area contributed by atoms with Crippen molar-refractivity contribution in [2.75, 3.05) is 31.8 Å². The molecule has 0 fully saturated rings. The van der Waals surface area contributed by atoms with Gasteiger partial charge in [0.1, 0.15) is 0 Å². The second kappa shape index (κ2) is 5.73. The summed E-state index contributed by atoms with van der Waals surface area (Å²) in [5.41, 5.74) is 2.01. The van der Waals surface area contributed by atoms with Gasteiger partial charge in [0.25, 0.3) is 0 Å². The van der Waals surface area contributed by atoms with Gasteiger partial charge in [-0.15, -0.1) is 11.8 Å². The fraction of sp³-hybridized carbons (Fsp3) is 0.462. The highest BCUT2D eigenvalue weighted by atomic mass is 32.2. The smallest absolute Gasteiger partial charge is 0.234 e. The van der Waals surface area contributed by atoms with Gasteiger partial charge in [0.05, 0.1) is 11.4 Å². The van der Waals surface area contributed by atoms with Crippen LogP contribution < -0.4 is 5.32 Å². The zero-order valence-corrected chi connectivity index (χ0v) is 11.5. The molecular formula is C13H18N2O2S. The predicted molar refractivity (Wildman–Crippen MR) is 73.9 cm³/mol. The molecular weight excluding hydrogens is 248 g/mol. The highest BCUT2D eigenvalue weighted by Gasteiger charge is 2.19. The monoisotopic (exact) mass is 266 g/mol. The van der Waals surface area contributed by atoms with Gasteiger partial charge in [-0.3, -0.25) is 4.79 Å². The first-order chi connectivity index (χ1) is 8.61. The molecule has 1 unspecified atom stereocenters. The third kappa shape index (κ3) is 2.85. The molecule has 0 saturated carbocycles. The Labute approximate surface area is 111 Å². The number of amides is 1. The predicted octanol–water partition coefficient (Wildman–Crippen LogP) is 1.72. The van der Waals surface area contributed by atoms with Crippen molar-refractivity contribution in [3.63, 3.8) is 0 Å². The molecule has 0 spiro atoms. The quantitative estimate of drug-likeness (QED) is 0.871. The Morgan fingerprint density at radius 3 is 2.94 bits per heavy atom. The summed E-state index contributed by atoms with van der Waals surface area (Å²) in [5.74, 6) is 0.535. The molecule has 0 bridgehead atoms. The van der Waals surface area contributed by atoms with Crippen molar-refractivity contribution >= 4 is 23.4 Å². The van der Waals surface area contributed by atoms with E-state index in [1.165, 1.54) is 0 Å². The van der Waals surface area contributed by atoms with Crippen LogP contribution in [0.4, 0.5) is 5.69 Å². The number of nitrogens with zero attached hydrogens (tertiary/aromatic N) is 1. The van der Waals surface area contributed by atoms with Gasteiger partial charge < -0.3 is 15.3 Å². The summed E-state index contributed by atoms with van der Waals surface area (Å²) >= 11 is 1.56. The maximum atomic E-state index is 11.4. The van der Waals surface area contributed by atoms with Crippen LogP contribution >= 0.6 is 11.8 Å². The number of hydrogen-bond acceptors (Lipinski definition) is 4. The Hall–Kier alpha value is -1.04. The zero-order valence-electron chi connectivity index (χ0n) is 10.6. The molecule has 18 heavy (non-hydrogen) atoms. The first-order valence-corrected chi connectivity index (χ1v) is 6.94. The number of aliphatic hydroxyl groups excluding tert-OH is 1. The van der Waals surface area contributed by atoms with Gasteiger partial charge in [0.2, 0.25) is 5.91 Å². The molecule has 1 amide bonds. The number of rotatable bonds is 4. The fourth-order valence-electron chi connectivity index (χ4n) is 2.15. The average Bonchev–Trinajstić information content (AvgIpc) is 2.34. The zero-order chi connectivity index (χ0) is 13.1. The molecule has 1 aromatic rings. The first-order valence-electron chi connectivity index (χ1n) is 5.95. The number of carbonyl (C=O) groups excluding carboxylic acids is 1. The number of benzene rings is 1. The molecule has 0 radical (unpaired) electrons. The fourth-order valence-corrected chi connectivity index (χ4v) is 2.94. The summed E-state index contributed by atoms with van der Waals surface area (Å²) in [7, 11) is 3.99. The Morgan fingerprint density at radius 1 is 1.50 bits per heavy atom. The third-order valence-corrected chi connectivity index (χ3v) is 4.12. The molecule has 5 heteroatoms. The Bertz CT molecular complexity index is 449. The SMILES string of the molecule is CN(C)C(CCO)c1ccc2c(c1)NC(=O)CS2. The summed E-state index contributed by atoms with van der Waals surface area (Å²) in [5, 5.41) is 12.0. The standard InChI is InChI=1S/C13H18N2O2S/c1-15(2)11(5-6-16)9-3-4-12-10(7-9)14-13(17)8-18-12/h3-4,7,11,16H,5-6,8H2,1-2H3,(H,14,17). The molecule has 1 aromatic carbocycles. The molecule has 0 saturated heterocycles. The van der Waals surface area contributed by atoms with Crippen LogP contribution in [-0.4, -0.2) is 42.4 Å². The van der Waals surface area contributed by atoms with Crippen LogP contribution in [0.15, 0.2) is 23.1 Å². The van der Waals surface area contributed by atoms with E-state index in [2.05, 4.69) is 16.3 Å². The van der Waals surface area contributed by atoms with Gasteiger partial charge in [-0.25, -0.2) is 0 Å². The van der Waals surface area contributed by atoms with Crippen molar-refractivity contribution in [1.29, 1.82) is 0 Å². The molecule has 98 valence electrons. The number of nitrogens with one attached hydrogen (secondary N) is 1. The van der Waals surface area contributed by atoms with Crippen LogP contribution in [0.1, 0.15) is 18.0 Å². The van der Waals surface area contributed by atoms with E-state index in [9.17, 15) is 4.79 Å². The minimum absolute atomic E-state index is 0.0493. The summed E-state index contributed by atoms with van der Waals surface area (Å²) in [4.78, 5) is 14.6. The lowest BCUT2D eigenvalue weighted by molar-refractivity contribution is -0.113. The number of anilines is 1. The lowest BCUT2D eigenvalue weighted by Gasteiger charge is -2.26. The highest BCUT2D eigenvalue weighted by Crippen LogP contribution is 2.34. The number of aliphatic hydroxyl groups is 1. The van der Waals surface area contributed by atoms with E-state index in [1.54, 1.807) is 11.8 Å². The first kappa shape index (κ1) is 13.4. The average molecular weight is 266 g/mol. The molecule has 1 aliphatic rings. The lowest BCUT2D eigenvalue weighted by atomic mass is 10.0. The molecule has 1 aliphatic heterocycles. The number of carbonyl (C=O) groups is 1. The van der Waals surface area contributed by atoms with E-state index < -0.39 is 0 Å². The van der Waals surface area contributed by atoms with Gasteiger partial charge in [-0.2, -0.15) is 0 Å². The topological polar surface area (TPSA) is 52.6 Å². The molecule has 2 rings (SSSR count). The van der Waals surface area contributed by atoms with Gasteiger partial charge in [-0.1, -0.05) is 6.07 Å². The molecule has 0 aromatic heterocycles. The number of thioether (sulfide) groups is 1. The van der Waals surface area contributed by atoms with E-state index in [-0.39, 0.29) is 18.6 Å². The molecule has 1 heterocycles. The van der Waals surface area contributed by atoms with Crippen LogP contribution in [0.5, 0.6) is 0 Å². The largest absolute Gasteiger partial charge is 0.396 e. The van der Waals surface area contributed by atoms with E-state index in [1.807, 2.05) is 26.2 Å². The summed E-state index contributed by atoms with van der Waals surface area (Å²) in [6.07, 6.45) is 0.687. The summed E-state index contributed by atoms with van der Waals surface area (Å²) in [6, 6.07) is 6.30. The highest BCUT2D eigenvalue weighted by molar-refractivity contribution is 8.00. The van der Waals surface area contributed by atoms with Crippen LogP contribution in [-0.2, 0) is 4.79 Å².